The van der Waals surface area contributed by atoms with Crippen LogP contribution in [0.4, 0.5) is 0 Å². The lowest BCUT2D eigenvalue weighted by Crippen LogP contribution is -2.51. The van der Waals surface area contributed by atoms with Crippen LogP contribution in [0.5, 0.6) is 11.5 Å². The number of hydrogen-bond donors (Lipinski definition) is 1. The molecule has 172 valence electrons. The number of ether oxygens (including phenoxy) is 2. The molecule has 1 atom stereocenters. The molecule has 0 aliphatic rings. The summed E-state index contributed by atoms with van der Waals surface area (Å²) < 4.78 is 12.2. The Labute approximate surface area is 208 Å². The first-order valence-corrected chi connectivity index (χ1v) is 11.6. The van der Waals surface area contributed by atoms with E-state index in [4.69, 9.17) is 9.47 Å². The molecule has 0 saturated carbocycles. The molecule has 33 heavy (non-hydrogen) atoms. The summed E-state index contributed by atoms with van der Waals surface area (Å²) in [4.78, 5) is 27.9. The van der Waals surface area contributed by atoms with Crippen LogP contribution in [-0.2, 0) is 22.6 Å². The Balaban J connectivity index is 1.87. The van der Waals surface area contributed by atoms with Crippen molar-refractivity contribution in [2.24, 2.45) is 0 Å². The molecule has 0 aromatic heterocycles. The third-order valence-electron chi connectivity index (χ3n) is 5.18. The molecule has 0 aliphatic heterocycles. The van der Waals surface area contributed by atoms with Crippen molar-refractivity contribution in [1.82, 2.24) is 10.2 Å². The van der Waals surface area contributed by atoms with Crippen molar-refractivity contribution in [1.29, 1.82) is 0 Å². The molecule has 0 saturated heterocycles. The summed E-state index contributed by atoms with van der Waals surface area (Å²) in [5, 5.41) is 2.71. The van der Waals surface area contributed by atoms with Crippen LogP contribution in [0.15, 0.2) is 78.9 Å². The molecule has 3 rings (SSSR count). The maximum atomic E-state index is 13.4. The van der Waals surface area contributed by atoms with Crippen molar-refractivity contribution in [3.8, 4) is 11.5 Å². The molecule has 1 N–H and O–H groups in total. The van der Waals surface area contributed by atoms with E-state index in [2.05, 4.69) is 27.9 Å². The van der Waals surface area contributed by atoms with Gasteiger partial charge in [0.2, 0.25) is 5.91 Å². The fourth-order valence-electron chi connectivity index (χ4n) is 3.45. The highest BCUT2D eigenvalue weighted by Gasteiger charge is 2.30. The molecule has 3 aromatic rings. The summed E-state index contributed by atoms with van der Waals surface area (Å²) >= 11 is 2.21. The van der Waals surface area contributed by atoms with E-state index >= 15 is 0 Å². The quantitative estimate of drug-likeness (QED) is 0.382. The number of carbonyl (C=O) groups excluding carboxylic acids is 2. The maximum absolute atomic E-state index is 13.4. The molecule has 0 heterocycles. The number of amides is 2. The van der Waals surface area contributed by atoms with Crippen LogP contribution < -0.4 is 14.8 Å². The Morgan fingerprint density at radius 2 is 1.64 bits per heavy atom. The summed E-state index contributed by atoms with van der Waals surface area (Å²) in [7, 11) is 3.18. The molecule has 0 radical (unpaired) electrons. The minimum atomic E-state index is -0.698. The molecule has 3 aromatic carbocycles. The Morgan fingerprint density at radius 3 is 2.30 bits per heavy atom. The molecular formula is C26H27IN2O4. The normalized spacial score (nSPS) is 11.4. The third kappa shape index (κ3) is 7.21. The van der Waals surface area contributed by atoms with Gasteiger partial charge in [0.1, 0.15) is 17.5 Å². The van der Waals surface area contributed by atoms with Gasteiger partial charge in [-0.25, -0.2) is 0 Å². The van der Waals surface area contributed by atoms with Gasteiger partial charge in [-0.05, 0) is 70.1 Å². The van der Waals surface area contributed by atoms with Gasteiger partial charge in [-0.15, -0.1) is 0 Å². The fourth-order valence-corrected chi connectivity index (χ4v) is 3.81. The molecule has 7 heteroatoms. The van der Waals surface area contributed by atoms with Crippen molar-refractivity contribution >= 4 is 34.4 Å². The molecule has 0 fully saturated rings. The summed E-state index contributed by atoms with van der Waals surface area (Å²) in [6.45, 7) is 0.0733. The van der Waals surface area contributed by atoms with Gasteiger partial charge in [-0.3, -0.25) is 9.59 Å². The van der Waals surface area contributed by atoms with E-state index in [-0.39, 0.29) is 25.0 Å². The average molecular weight is 558 g/mol. The van der Waals surface area contributed by atoms with Gasteiger partial charge < -0.3 is 19.7 Å². The highest BCUT2D eigenvalue weighted by Crippen LogP contribution is 2.19. The first-order chi connectivity index (χ1) is 16.0. The minimum Gasteiger partial charge on any atom is -0.497 e. The second-order valence-corrected chi connectivity index (χ2v) is 8.68. The van der Waals surface area contributed by atoms with Crippen molar-refractivity contribution in [3.05, 3.63) is 93.6 Å². The smallest absolute Gasteiger partial charge is 0.261 e. The Bertz CT molecular complexity index is 1060. The number of halogens is 1. The molecule has 0 bridgehead atoms. The predicted molar refractivity (Wildman–Crippen MR) is 136 cm³/mol. The molecule has 2 amide bonds. The van der Waals surface area contributed by atoms with E-state index < -0.39 is 6.04 Å². The second-order valence-electron chi connectivity index (χ2n) is 7.44. The van der Waals surface area contributed by atoms with Gasteiger partial charge >= 0.3 is 0 Å². The van der Waals surface area contributed by atoms with Crippen molar-refractivity contribution < 1.29 is 19.1 Å². The standard InChI is InChI=1S/C26H27IN2O4/c1-28-26(31)24(16-19-7-4-3-5-8-19)29(17-20-9-6-10-23(15-20)32-2)25(30)18-33-22-13-11-21(27)12-14-22/h3-15,24H,16-18H2,1-2H3,(H,28,31)/t24-/m0/s1. The SMILES string of the molecule is CNC(=O)[C@H](Cc1ccccc1)N(Cc1cccc(OC)c1)C(=O)COc1ccc(I)cc1. The van der Waals surface area contributed by atoms with Gasteiger partial charge in [0.05, 0.1) is 7.11 Å². The maximum Gasteiger partial charge on any atom is 0.261 e. The highest BCUT2D eigenvalue weighted by atomic mass is 127. The summed E-state index contributed by atoms with van der Waals surface area (Å²) in [5.74, 6) is 0.782. The van der Waals surface area contributed by atoms with Crippen LogP contribution in [0.25, 0.3) is 0 Å². The van der Waals surface area contributed by atoms with E-state index in [1.165, 1.54) is 0 Å². The van der Waals surface area contributed by atoms with E-state index in [1.807, 2.05) is 78.9 Å². The topological polar surface area (TPSA) is 67.9 Å². The number of nitrogens with zero attached hydrogens (tertiary/aromatic N) is 1. The zero-order chi connectivity index (χ0) is 23.6. The van der Waals surface area contributed by atoms with Gasteiger partial charge in [0, 0.05) is 23.6 Å². The summed E-state index contributed by atoms with van der Waals surface area (Å²) in [5.41, 5.74) is 1.83. The monoisotopic (exact) mass is 558 g/mol. The first kappa shape index (κ1) is 24.6. The average Bonchev–Trinajstić information content (AvgIpc) is 2.86. The Morgan fingerprint density at radius 1 is 0.939 bits per heavy atom. The summed E-state index contributed by atoms with van der Waals surface area (Å²) in [6.07, 6.45) is 0.389. The number of nitrogens with one attached hydrogen (secondary N) is 1. The number of hydrogen-bond acceptors (Lipinski definition) is 4. The predicted octanol–water partition coefficient (Wildman–Crippen LogP) is 4.06. The van der Waals surface area contributed by atoms with E-state index in [0.717, 1.165) is 14.7 Å². The number of rotatable bonds is 10. The van der Waals surface area contributed by atoms with Gasteiger partial charge in [-0.2, -0.15) is 0 Å². The number of benzene rings is 3. The third-order valence-corrected chi connectivity index (χ3v) is 5.90. The zero-order valence-corrected chi connectivity index (χ0v) is 20.8. The summed E-state index contributed by atoms with van der Waals surface area (Å²) in [6, 6.07) is 23.9. The Hall–Kier alpha value is -3.07. The van der Waals surface area contributed by atoms with Crippen LogP contribution in [0, 0.1) is 3.57 Å². The lowest BCUT2D eigenvalue weighted by atomic mass is 10.0. The number of likely N-dealkylation sites (N-methyl/N-ethyl adjacent to an activating group) is 1. The fraction of sp³-hybridized carbons (Fsp3) is 0.231. The van der Waals surface area contributed by atoms with Crippen LogP contribution in [0.3, 0.4) is 0 Å². The molecule has 0 spiro atoms. The van der Waals surface area contributed by atoms with Crippen molar-refractivity contribution in [2.75, 3.05) is 20.8 Å². The lowest BCUT2D eigenvalue weighted by Gasteiger charge is -2.31. The molecule has 6 nitrogen and oxygen atoms in total. The zero-order valence-electron chi connectivity index (χ0n) is 18.7. The lowest BCUT2D eigenvalue weighted by molar-refractivity contribution is -0.142. The van der Waals surface area contributed by atoms with Gasteiger partial charge in [-0.1, -0.05) is 42.5 Å². The second kappa shape index (κ2) is 12.2. The van der Waals surface area contributed by atoms with E-state index in [1.54, 1.807) is 19.1 Å². The van der Waals surface area contributed by atoms with Gasteiger partial charge in [0.25, 0.3) is 5.91 Å². The Kier molecular flexibility index (Phi) is 9.12. The molecular weight excluding hydrogens is 531 g/mol. The van der Waals surface area contributed by atoms with E-state index in [9.17, 15) is 9.59 Å². The molecule has 0 unspecified atom stereocenters. The van der Waals surface area contributed by atoms with Crippen molar-refractivity contribution in [2.45, 2.75) is 19.0 Å². The van der Waals surface area contributed by atoms with Crippen LogP contribution in [0.1, 0.15) is 11.1 Å². The van der Waals surface area contributed by atoms with Crippen LogP contribution >= 0.6 is 22.6 Å². The largest absolute Gasteiger partial charge is 0.497 e. The minimum absolute atomic E-state index is 0.174. The number of carbonyl (C=O) groups is 2. The van der Waals surface area contributed by atoms with Crippen molar-refractivity contribution in [3.63, 3.8) is 0 Å². The number of methoxy groups -OCH3 is 1. The van der Waals surface area contributed by atoms with Crippen LogP contribution in [0.2, 0.25) is 0 Å². The highest BCUT2D eigenvalue weighted by molar-refractivity contribution is 14.1. The molecule has 0 aliphatic carbocycles. The first-order valence-electron chi connectivity index (χ1n) is 10.6. The van der Waals surface area contributed by atoms with Gasteiger partial charge in [0.15, 0.2) is 6.61 Å². The van der Waals surface area contributed by atoms with E-state index in [0.29, 0.717) is 17.9 Å². The van der Waals surface area contributed by atoms with Crippen LogP contribution in [-0.4, -0.2) is 43.5 Å².